The monoisotopic (exact) mass is 334 g/mol. The molecule has 0 radical (unpaired) electrons. The maximum atomic E-state index is 5.52. The predicted molar refractivity (Wildman–Crippen MR) is 91.2 cm³/mol. The van der Waals surface area contributed by atoms with E-state index in [4.69, 9.17) is 12.2 Å². The van der Waals surface area contributed by atoms with Crippen LogP contribution in [-0.2, 0) is 6.67 Å². The van der Waals surface area contributed by atoms with Crippen LogP contribution in [0.4, 0.5) is 0 Å². The van der Waals surface area contributed by atoms with Crippen molar-refractivity contribution in [2.24, 2.45) is 5.10 Å². The van der Waals surface area contributed by atoms with Crippen molar-refractivity contribution in [3.8, 4) is 0 Å². The van der Waals surface area contributed by atoms with E-state index in [0.717, 1.165) is 43.3 Å². The highest BCUT2D eigenvalue weighted by atomic mass is 32.1. The van der Waals surface area contributed by atoms with Crippen LogP contribution in [0.5, 0.6) is 0 Å². The van der Waals surface area contributed by atoms with E-state index in [-0.39, 0.29) is 0 Å². The first-order chi connectivity index (χ1) is 11.0. The van der Waals surface area contributed by atoms with E-state index in [1.807, 2.05) is 18.5 Å². The summed E-state index contributed by atoms with van der Waals surface area (Å²) in [5.74, 6) is 0.779. The van der Waals surface area contributed by atoms with Gasteiger partial charge in [0.15, 0.2) is 5.82 Å². The molecule has 3 heterocycles. The molecule has 0 aromatic carbocycles. The molecule has 1 fully saturated rings. The minimum atomic E-state index is 0.610. The molecule has 3 rings (SSSR count). The minimum Gasteiger partial charge on any atom is -0.304 e. The maximum absolute atomic E-state index is 5.52. The third-order valence-corrected chi connectivity index (χ3v) is 4.47. The molecule has 9 heteroatoms. The van der Waals surface area contributed by atoms with Gasteiger partial charge in [-0.2, -0.15) is 20.0 Å². The third-order valence-electron chi connectivity index (χ3n) is 4.08. The first-order valence-electron chi connectivity index (χ1n) is 7.66. The van der Waals surface area contributed by atoms with Gasteiger partial charge in [0.05, 0.1) is 19.1 Å². The van der Waals surface area contributed by atoms with Crippen molar-refractivity contribution in [3.63, 3.8) is 0 Å². The van der Waals surface area contributed by atoms with Crippen LogP contribution >= 0.6 is 12.2 Å². The number of aromatic amines is 1. The molecule has 2 aromatic rings. The normalized spacial score (nSPS) is 17.3. The van der Waals surface area contributed by atoms with E-state index in [2.05, 4.69) is 37.2 Å². The molecule has 1 N–H and O–H groups in total. The average molecular weight is 334 g/mol. The highest BCUT2D eigenvalue weighted by Crippen LogP contribution is 2.06. The standard InChI is InChI=1S/C14H22N8S/c1-11-13(8-15-17-11)9-16-22-12(2)18-21(14(22)23)10-20-6-4-19(3)5-7-20/h8-9H,4-7,10H2,1-3H3,(H,15,17)/b16-9+. The first-order valence-corrected chi connectivity index (χ1v) is 8.07. The maximum Gasteiger partial charge on any atom is 0.220 e. The van der Waals surface area contributed by atoms with Crippen molar-refractivity contribution in [2.45, 2.75) is 20.5 Å². The van der Waals surface area contributed by atoms with Gasteiger partial charge < -0.3 is 4.90 Å². The van der Waals surface area contributed by atoms with Crippen molar-refractivity contribution in [3.05, 3.63) is 28.0 Å². The summed E-state index contributed by atoms with van der Waals surface area (Å²) >= 11 is 5.52. The Balaban J connectivity index is 1.76. The van der Waals surface area contributed by atoms with Gasteiger partial charge in [-0.1, -0.05) is 0 Å². The van der Waals surface area contributed by atoms with Crippen molar-refractivity contribution in [1.82, 2.24) is 34.5 Å². The lowest BCUT2D eigenvalue weighted by atomic mass is 10.3. The van der Waals surface area contributed by atoms with Crippen LogP contribution in [0.15, 0.2) is 11.3 Å². The highest BCUT2D eigenvalue weighted by molar-refractivity contribution is 7.71. The topological polar surface area (TPSA) is 70.3 Å². The van der Waals surface area contributed by atoms with Gasteiger partial charge in [-0.3, -0.25) is 10.00 Å². The van der Waals surface area contributed by atoms with Gasteiger partial charge in [0.25, 0.3) is 0 Å². The number of hydrogen-bond acceptors (Lipinski definition) is 6. The number of hydrogen-bond donors (Lipinski definition) is 1. The Morgan fingerprint density at radius 3 is 2.70 bits per heavy atom. The molecule has 124 valence electrons. The molecule has 23 heavy (non-hydrogen) atoms. The average Bonchev–Trinajstić information content (AvgIpc) is 3.04. The molecule has 0 spiro atoms. The lowest BCUT2D eigenvalue weighted by Crippen LogP contribution is -2.45. The van der Waals surface area contributed by atoms with Crippen LogP contribution in [0.1, 0.15) is 17.1 Å². The SMILES string of the molecule is Cc1[nH]ncc1/C=N/n1c(C)nn(CN2CCN(C)CC2)c1=S. The van der Waals surface area contributed by atoms with Crippen LogP contribution < -0.4 is 0 Å². The fraction of sp³-hybridized carbons (Fsp3) is 0.571. The van der Waals surface area contributed by atoms with Gasteiger partial charge in [-0.25, -0.2) is 4.68 Å². The first kappa shape index (κ1) is 16.0. The molecule has 0 bridgehead atoms. The molecule has 0 unspecified atom stereocenters. The molecule has 2 aromatic heterocycles. The summed E-state index contributed by atoms with van der Waals surface area (Å²) in [7, 11) is 2.15. The van der Waals surface area contributed by atoms with Crippen LogP contribution in [0, 0.1) is 18.6 Å². The van der Waals surface area contributed by atoms with Crippen LogP contribution in [0.25, 0.3) is 0 Å². The number of rotatable bonds is 4. The molecule has 0 saturated carbocycles. The van der Waals surface area contributed by atoms with Crippen LogP contribution in [0.2, 0.25) is 0 Å². The zero-order chi connectivity index (χ0) is 16.4. The Morgan fingerprint density at radius 2 is 2.04 bits per heavy atom. The molecule has 0 aliphatic carbocycles. The number of aromatic nitrogens is 5. The predicted octanol–water partition coefficient (Wildman–Crippen LogP) is 0.841. The van der Waals surface area contributed by atoms with E-state index in [0.29, 0.717) is 11.4 Å². The molecule has 1 saturated heterocycles. The lowest BCUT2D eigenvalue weighted by Gasteiger charge is -2.31. The summed E-state index contributed by atoms with van der Waals surface area (Å²) in [6.07, 6.45) is 3.50. The lowest BCUT2D eigenvalue weighted by molar-refractivity contribution is 0.118. The van der Waals surface area contributed by atoms with Crippen molar-refractivity contribution < 1.29 is 0 Å². The summed E-state index contributed by atoms with van der Waals surface area (Å²) in [4.78, 5) is 4.69. The summed E-state index contributed by atoms with van der Waals surface area (Å²) in [6.45, 7) is 8.78. The molecule has 1 aliphatic heterocycles. The van der Waals surface area contributed by atoms with Crippen molar-refractivity contribution >= 4 is 18.4 Å². The van der Waals surface area contributed by atoms with Gasteiger partial charge >= 0.3 is 0 Å². The largest absolute Gasteiger partial charge is 0.304 e. The molecular formula is C14H22N8S. The van der Waals surface area contributed by atoms with Crippen molar-refractivity contribution in [2.75, 3.05) is 33.2 Å². The smallest absolute Gasteiger partial charge is 0.220 e. The van der Waals surface area contributed by atoms with Crippen LogP contribution in [0.3, 0.4) is 0 Å². The molecular weight excluding hydrogens is 312 g/mol. The Kier molecular flexibility index (Phi) is 4.69. The van der Waals surface area contributed by atoms with E-state index >= 15 is 0 Å². The molecule has 8 nitrogen and oxygen atoms in total. The summed E-state index contributed by atoms with van der Waals surface area (Å²) < 4.78 is 4.15. The summed E-state index contributed by atoms with van der Waals surface area (Å²) in [5, 5.41) is 15.9. The van der Waals surface area contributed by atoms with E-state index < -0.39 is 0 Å². The van der Waals surface area contributed by atoms with Gasteiger partial charge in [0.2, 0.25) is 4.77 Å². The number of nitrogens with one attached hydrogen (secondary N) is 1. The third kappa shape index (κ3) is 3.57. The van der Waals surface area contributed by atoms with Crippen molar-refractivity contribution in [1.29, 1.82) is 0 Å². The zero-order valence-corrected chi connectivity index (χ0v) is 14.5. The quantitative estimate of drug-likeness (QED) is 0.663. The fourth-order valence-electron chi connectivity index (χ4n) is 2.52. The molecule has 0 amide bonds. The van der Waals surface area contributed by atoms with Gasteiger partial charge in [-0.05, 0) is 33.1 Å². The Hall–Kier alpha value is -1.84. The van der Waals surface area contributed by atoms with E-state index in [1.165, 1.54) is 0 Å². The van der Waals surface area contributed by atoms with Gasteiger partial charge in [-0.15, -0.1) is 0 Å². The van der Waals surface area contributed by atoms with Gasteiger partial charge in [0, 0.05) is 37.4 Å². The summed E-state index contributed by atoms with van der Waals surface area (Å²) in [6, 6.07) is 0. The minimum absolute atomic E-state index is 0.610. The van der Waals surface area contributed by atoms with E-state index in [1.54, 1.807) is 17.1 Å². The number of piperazine rings is 1. The summed E-state index contributed by atoms with van der Waals surface area (Å²) in [5.41, 5.74) is 1.92. The molecule has 0 atom stereocenters. The molecule has 1 aliphatic rings. The number of likely N-dealkylation sites (N-methyl/N-ethyl adjacent to an activating group) is 1. The highest BCUT2D eigenvalue weighted by Gasteiger charge is 2.16. The number of nitrogens with zero attached hydrogens (tertiary/aromatic N) is 7. The van der Waals surface area contributed by atoms with Crippen LogP contribution in [-0.4, -0.2) is 73.9 Å². The number of H-pyrrole nitrogens is 1. The second kappa shape index (κ2) is 6.73. The Bertz CT molecular complexity index is 747. The van der Waals surface area contributed by atoms with E-state index in [9.17, 15) is 0 Å². The Labute approximate surface area is 140 Å². The zero-order valence-electron chi connectivity index (χ0n) is 13.7. The van der Waals surface area contributed by atoms with Gasteiger partial charge in [0.1, 0.15) is 0 Å². The number of aryl methyl sites for hydroxylation is 2. The Morgan fingerprint density at radius 1 is 1.30 bits per heavy atom. The second-order valence-corrected chi connectivity index (χ2v) is 6.26. The second-order valence-electron chi connectivity index (χ2n) is 5.90. The fourth-order valence-corrected chi connectivity index (χ4v) is 2.80.